The molecule has 1 saturated carbocycles. The van der Waals surface area contributed by atoms with Gasteiger partial charge in [0.2, 0.25) is 0 Å². The fraction of sp³-hybridized carbons (Fsp3) is 0.733. The molecule has 0 saturated heterocycles. The summed E-state index contributed by atoms with van der Waals surface area (Å²) in [4.78, 5) is 26.7. The van der Waals surface area contributed by atoms with E-state index in [0.29, 0.717) is 6.42 Å². The highest BCUT2D eigenvalue weighted by atomic mass is 28.4. The number of alkyl carbamates (subject to hydrolysis) is 1. The highest BCUT2D eigenvalue weighted by molar-refractivity contribution is 6.74. The average molecular weight is 587 g/mol. The van der Waals surface area contributed by atoms with Crippen molar-refractivity contribution in [3.05, 3.63) is 35.9 Å². The van der Waals surface area contributed by atoms with Gasteiger partial charge in [-0.1, -0.05) is 70.4 Å². The van der Waals surface area contributed by atoms with Crippen molar-refractivity contribution in [3.8, 4) is 0 Å². The number of nitrogens with one attached hydrogen (secondary N) is 1. The lowest BCUT2D eigenvalue weighted by Crippen LogP contribution is -2.58. The molecule has 0 unspecified atom stereocenters. The normalized spacial score (nSPS) is 17.2. The summed E-state index contributed by atoms with van der Waals surface area (Å²) in [6.45, 7) is 15.1. The molecule has 0 aliphatic heterocycles. The van der Waals surface area contributed by atoms with Crippen LogP contribution in [0.15, 0.2) is 30.3 Å². The van der Waals surface area contributed by atoms with Crippen LogP contribution >= 0.6 is 0 Å². The highest BCUT2D eigenvalue weighted by Crippen LogP contribution is 2.38. The minimum Gasteiger partial charge on any atom is -0.444 e. The molecule has 0 heterocycles. The van der Waals surface area contributed by atoms with Gasteiger partial charge in [-0.05, 0) is 69.6 Å². The summed E-state index contributed by atoms with van der Waals surface area (Å²) in [6.07, 6.45) is -1.75. The molecule has 40 heavy (non-hydrogen) atoms. The van der Waals surface area contributed by atoms with Crippen molar-refractivity contribution in [1.82, 2.24) is 10.2 Å². The van der Waals surface area contributed by atoms with Crippen LogP contribution in [0.25, 0.3) is 0 Å². The van der Waals surface area contributed by atoms with Crippen LogP contribution in [0.2, 0.25) is 18.1 Å². The van der Waals surface area contributed by atoms with E-state index in [9.17, 15) is 22.8 Å². The smallest absolute Gasteiger partial charge is 0.444 e. The van der Waals surface area contributed by atoms with E-state index in [4.69, 9.17) is 9.16 Å². The van der Waals surface area contributed by atoms with Gasteiger partial charge in [-0.2, -0.15) is 13.2 Å². The molecule has 2 atom stereocenters. The molecule has 1 aliphatic carbocycles. The first kappa shape index (κ1) is 34.1. The molecule has 2 amide bonds. The minimum atomic E-state index is -5.01. The predicted molar refractivity (Wildman–Crippen MR) is 155 cm³/mol. The maximum atomic E-state index is 13.9. The fourth-order valence-corrected chi connectivity index (χ4v) is 6.07. The highest BCUT2D eigenvalue weighted by Gasteiger charge is 2.46. The quantitative estimate of drug-likeness (QED) is 0.289. The first-order chi connectivity index (χ1) is 18.3. The molecule has 1 N–H and O–H groups in total. The number of halogens is 3. The molecule has 10 heteroatoms. The fourth-order valence-electron chi connectivity index (χ4n) is 4.72. The molecule has 1 fully saturated rings. The number of carbonyl (C=O) groups is 2. The van der Waals surface area contributed by atoms with E-state index in [-0.39, 0.29) is 24.0 Å². The number of nitrogens with zero attached hydrogens (tertiary/aromatic N) is 1. The number of benzene rings is 1. The van der Waals surface area contributed by atoms with E-state index in [0.717, 1.165) is 42.6 Å². The first-order valence-electron chi connectivity index (χ1n) is 14.4. The lowest BCUT2D eigenvalue weighted by Gasteiger charge is -2.43. The van der Waals surface area contributed by atoms with E-state index >= 15 is 0 Å². The number of alkyl halides is 3. The van der Waals surface area contributed by atoms with Crippen LogP contribution in [0.1, 0.15) is 79.2 Å². The molecule has 1 aromatic carbocycles. The average Bonchev–Trinajstić information content (AvgIpc) is 2.81. The van der Waals surface area contributed by atoms with Gasteiger partial charge in [-0.15, -0.1) is 0 Å². The van der Waals surface area contributed by atoms with Crippen LogP contribution < -0.4 is 5.32 Å². The Balaban J connectivity index is 2.52. The van der Waals surface area contributed by atoms with Crippen molar-refractivity contribution in [2.45, 2.75) is 122 Å². The number of ether oxygens (including phenoxy) is 1. The Bertz CT molecular complexity index is 952. The lowest BCUT2D eigenvalue weighted by molar-refractivity contribution is -0.187. The van der Waals surface area contributed by atoms with Gasteiger partial charge in [0, 0.05) is 13.1 Å². The van der Waals surface area contributed by atoms with Crippen molar-refractivity contribution >= 4 is 20.3 Å². The first-order valence-corrected chi connectivity index (χ1v) is 17.3. The molecule has 0 radical (unpaired) electrons. The van der Waals surface area contributed by atoms with Gasteiger partial charge in [0.25, 0.3) is 0 Å². The second-order valence-electron chi connectivity index (χ2n) is 13.6. The van der Waals surface area contributed by atoms with Crippen molar-refractivity contribution in [1.29, 1.82) is 0 Å². The third kappa shape index (κ3) is 11.1. The van der Waals surface area contributed by atoms with Crippen molar-refractivity contribution < 1.29 is 31.9 Å². The summed E-state index contributed by atoms with van der Waals surface area (Å²) < 4.78 is 53.9. The summed E-state index contributed by atoms with van der Waals surface area (Å²) in [5.41, 5.74) is 0.115. The zero-order valence-corrected chi connectivity index (χ0v) is 26.5. The van der Waals surface area contributed by atoms with Gasteiger partial charge in [0.1, 0.15) is 5.60 Å². The zero-order chi connectivity index (χ0) is 30.4. The Morgan fingerprint density at radius 3 is 2.08 bits per heavy atom. The third-order valence-electron chi connectivity index (χ3n) is 7.83. The van der Waals surface area contributed by atoms with Crippen LogP contribution in [0.4, 0.5) is 18.0 Å². The maximum absolute atomic E-state index is 13.9. The van der Waals surface area contributed by atoms with Gasteiger partial charge in [0.05, 0.1) is 12.1 Å². The van der Waals surface area contributed by atoms with Crippen molar-refractivity contribution in [2.75, 3.05) is 13.1 Å². The van der Waals surface area contributed by atoms with Gasteiger partial charge < -0.3 is 19.4 Å². The summed E-state index contributed by atoms with van der Waals surface area (Å²) in [7, 11) is -2.56. The lowest BCUT2D eigenvalue weighted by atomic mass is 9.88. The molecule has 0 aromatic heterocycles. The Morgan fingerprint density at radius 1 is 1.00 bits per heavy atom. The molecule has 2 rings (SSSR count). The van der Waals surface area contributed by atoms with E-state index in [1.807, 2.05) is 64.2 Å². The van der Waals surface area contributed by atoms with E-state index in [1.165, 1.54) is 0 Å². The summed E-state index contributed by atoms with van der Waals surface area (Å²) in [5, 5.41) is 2.65. The van der Waals surface area contributed by atoms with Gasteiger partial charge in [-0.25, -0.2) is 4.79 Å². The molecule has 0 bridgehead atoms. The Hall–Kier alpha value is -2.07. The van der Waals surface area contributed by atoms with Crippen LogP contribution in [0.3, 0.4) is 0 Å². The van der Waals surface area contributed by atoms with Gasteiger partial charge in [-0.3, -0.25) is 4.79 Å². The minimum absolute atomic E-state index is 0.0000374. The van der Waals surface area contributed by atoms with Gasteiger partial charge >= 0.3 is 18.2 Å². The SMILES string of the molecule is CC(C)(C)OC(=O)N[C@@H](Cc1ccccc1)[C@@H](CN(CC1CCCCC1)C(=O)C(F)(F)F)O[Si](C)(C)C(C)(C)C. The molecule has 1 aromatic rings. The summed E-state index contributed by atoms with van der Waals surface area (Å²) in [6, 6.07) is 8.67. The van der Waals surface area contributed by atoms with E-state index in [2.05, 4.69) is 5.32 Å². The second kappa shape index (κ2) is 13.7. The van der Waals surface area contributed by atoms with Crippen LogP contribution in [-0.4, -0.2) is 62.2 Å². The standard InChI is InChI=1S/C30H49F3N2O4Si/c1-28(2,3)38-27(37)34-24(19-22-15-11-9-12-16-22)25(39-40(7,8)29(4,5)6)21-35(26(36)30(31,32)33)20-23-17-13-10-14-18-23/h9,11-12,15-16,23-25H,10,13-14,17-21H2,1-8H3,(H,34,37)/t24-,25+/m0/s1. The molecule has 1 aliphatic rings. The monoisotopic (exact) mass is 586 g/mol. The van der Waals surface area contributed by atoms with E-state index < -0.39 is 44.2 Å². The Morgan fingerprint density at radius 2 is 1.57 bits per heavy atom. The Labute approximate surface area is 239 Å². The number of amides is 2. The molecule has 6 nitrogen and oxygen atoms in total. The molecule has 228 valence electrons. The number of hydrogen-bond donors (Lipinski definition) is 1. The largest absolute Gasteiger partial charge is 0.471 e. The van der Waals surface area contributed by atoms with Crippen molar-refractivity contribution in [3.63, 3.8) is 0 Å². The molecule has 0 spiro atoms. The zero-order valence-electron chi connectivity index (χ0n) is 25.5. The maximum Gasteiger partial charge on any atom is 0.471 e. The van der Waals surface area contributed by atoms with Crippen molar-refractivity contribution in [2.24, 2.45) is 5.92 Å². The third-order valence-corrected chi connectivity index (χ3v) is 12.3. The van der Waals surface area contributed by atoms with Gasteiger partial charge in [0.15, 0.2) is 8.32 Å². The summed E-state index contributed by atoms with van der Waals surface area (Å²) in [5.74, 6) is -1.86. The van der Waals surface area contributed by atoms with Crippen LogP contribution in [-0.2, 0) is 20.4 Å². The second-order valence-corrected chi connectivity index (χ2v) is 18.3. The topological polar surface area (TPSA) is 67.9 Å². The predicted octanol–water partition coefficient (Wildman–Crippen LogP) is 7.48. The number of carbonyl (C=O) groups excluding carboxylic acids is 2. The molecular weight excluding hydrogens is 537 g/mol. The van der Waals surface area contributed by atoms with Crippen LogP contribution in [0.5, 0.6) is 0 Å². The van der Waals surface area contributed by atoms with E-state index in [1.54, 1.807) is 20.8 Å². The number of rotatable bonds is 10. The summed E-state index contributed by atoms with van der Waals surface area (Å²) >= 11 is 0. The number of hydrogen-bond acceptors (Lipinski definition) is 4. The van der Waals surface area contributed by atoms with Crippen LogP contribution in [0, 0.1) is 5.92 Å². The Kier molecular flexibility index (Phi) is 11.7. The molecular formula is C30H49F3N2O4Si.